The lowest BCUT2D eigenvalue weighted by atomic mass is 10.1. The third-order valence-electron chi connectivity index (χ3n) is 2.91. The molecule has 0 aliphatic heterocycles. The van der Waals surface area contributed by atoms with Crippen LogP contribution in [0.2, 0.25) is 0 Å². The molecular weight excluding hydrogens is 290 g/mol. The second kappa shape index (κ2) is 6.21. The van der Waals surface area contributed by atoms with Gasteiger partial charge in [0.2, 0.25) is 0 Å². The lowest BCUT2D eigenvalue weighted by molar-refractivity contribution is 0.164. The maximum atomic E-state index is 5.13. The van der Waals surface area contributed by atoms with Gasteiger partial charge in [-0.2, -0.15) is 0 Å². The lowest BCUT2D eigenvalue weighted by Gasteiger charge is -2.13. The average molecular weight is 308 g/mol. The van der Waals surface area contributed by atoms with E-state index in [1.807, 2.05) is 0 Å². The van der Waals surface area contributed by atoms with Crippen molar-refractivity contribution in [1.82, 2.24) is 0 Å². The third kappa shape index (κ3) is 3.47. The number of rotatable bonds is 5. The van der Waals surface area contributed by atoms with Crippen LogP contribution in [0.5, 0.6) is 0 Å². The number of benzene rings is 2. The highest BCUT2D eigenvalue weighted by Gasteiger charge is 2.02. The van der Waals surface area contributed by atoms with Crippen LogP contribution in [0.25, 0.3) is 10.8 Å². The minimum absolute atomic E-state index is 0.510. The second-order valence-corrected chi connectivity index (χ2v) is 5.56. The van der Waals surface area contributed by atoms with E-state index >= 15 is 0 Å². The molecular formula is C15H18BrNO. The summed E-state index contributed by atoms with van der Waals surface area (Å²) in [5, 5.41) is 5.95. The van der Waals surface area contributed by atoms with Crippen molar-refractivity contribution in [1.29, 1.82) is 0 Å². The van der Waals surface area contributed by atoms with Gasteiger partial charge in [-0.3, -0.25) is 0 Å². The Bertz CT molecular complexity index is 527. The largest absolute Gasteiger partial charge is 0.385 e. The van der Waals surface area contributed by atoms with Crippen LogP contribution >= 0.6 is 15.9 Å². The second-order valence-electron chi connectivity index (χ2n) is 4.65. The Balaban J connectivity index is 2.08. The van der Waals surface area contributed by atoms with E-state index in [0.29, 0.717) is 5.92 Å². The summed E-state index contributed by atoms with van der Waals surface area (Å²) in [6.07, 6.45) is 0. The summed E-state index contributed by atoms with van der Waals surface area (Å²) in [4.78, 5) is 0. The van der Waals surface area contributed by atoms with Crippen LogP contribution < -0.4 is 5.32 Å². The van der Waals surface area contributed by atoms with Crippen LogP contribution in [-0.2, 0) is 4.74 Å². The summed E-state index contributed by atoms with van der Waals surface area (Å²) in [6, 6.07) is 12.8. The average Bonchev–Trinajstić information content (AvgIpc) is 2.36. The quantitative estimate of drug-likeness (QED) is 0.889. The van der Waals surface area contributed by atoms with Gasteiger partial charge in [-0.05, 0) is 41.0 Å². The number of hydrogen-bond acceptors (Lipinski definition) is 2. The van der Waals surface area contributed by atoms with E-state index in [4.69, 9.17) is 4.74 Å². The molecule has 0 bridgehead atoms. The van der Waals surface area contributed by atoms with Crippen molar-refractivity contribution in [3.05, 3.63) is 40.9 Å². The molecule has 18 heavy (non-hydrogen) atoms. The molecule has 0 spiro atoms. The molecule has 0 aliphatic carbocycles. The van der Waals surface area contributed by atoms with Gasteiger partial charge < -0.3 is 10.1 Å². The summed E-state index contributed by atoms with van der Waals surface area (Å²) in [7, 11) is 1.74. The Morgan fingerprint density at radius 1 is 1.17 bits per heavy atom. The van der Waals surface area contributed by atoms with E-state index < -0.39 is 0 Å². The topological polar surface area (TPSA) is 21.3 Å². The van der Waals surface area contributed by atoms with Crippen LogP contribution in [-0.4, -0.2) is 20.3 Å². The van der Waals surface area contributed by atoms with Gasteiger partial charge in [0, 0.05) is 23.8 Å². The predicted octanol–water partition coefficient (Wildman–Crippen LogP) is 4.30. The van der Waals surface area contributed by atoms with Crippen LogP contribution in [0.4, 0.5) is 5.69 Å². The van der Waals surface area contributed by atoms with E-state index in [-0.39, 0.29) is 0 Å². The maximum Gasteiger partial charge on any atom is 0.0504 e. The Hall–Kier alpha value is -1.06. The van der Waals surface area contributed by atoms with E-state index in [0.717, 1.165) is 23.3 Å². The molecule has 0 aromatic heterocycles. The molecule has 0 amide bonds. The molecule has 1 N–H and O–H groups in total. The first-order valence-corrected chi connectivity index (χ1v) is 6.90. The standard InChI is InChI=1S/C15H18BrNO/c1-11(10-18-2)9-17-15-6-4-12-7-14(16)5-3-13(12)8-15/h3-8,11,17H,9-10H2,1-2H3. The summed E-state index contributed by atoms with van der Waals surface area (Å²) >= 11 is 3.49. The molecule has 0 saturated carbocycles. The number of halogens is 1. The van der Waals surface area contributed by atoms with E-state index in [1.54, 1.807) is 7.11 Å². The molecule has 0 aliphatic rings. The molecule has 0 fully saturated rings. The Morgan fingerprint density at radius 2 is 1.89 bits per heavy atom. The predicted molar refractivity (Wildman–Crippen MR) is 81.2 cm³/mol. The van der Waals surface area contributed by atoms with E-state index in [2.05, 4.69) is 64.6 Å². The van der Waals surface area contributed by atoms with Gasteiger partial charge in [0.1, 0.15) is 0 Å². The fourth-order valence-corrected chi connectivity index (χ4v) is 2.34. The van der Waals surface area contributed by atoms with Crippen molar-refractivity contribution in [2.75, 3.05) is 25.6 Å². The summed E-state index contributed by atoms with van der Waals surface area (Å²) in [6.45, 7) is 3.89. The van der Waals surface area contributed by atoms with Crippen LogP contribution in [0, 0.1) is 5.92 Å². The highest BCUT2D eigenvalue weighted by molar-refractivity contribution is 9.10. The molecule has 96 valence electrons. The molecule has 2 nitrogen and oxygen atoms in total. The molecule has 1 unspecified atom stereocenters. The fraction of sp³-hybridized carbons (Fsp3) is 0.333. The van der Waals surface area contributed by atoms with Crippen LogP contribution in [0.1, 0.15) is 6.92 Å². The van der Waals surface area contributed by atoms with Crippen LogP contribution in [0.3, 0.4) is 0 Å². The SMILES string of the molecule is COCC(C)CNc1ccc2cc(Br)ccc2c1. The van der Waals surface area contributed by atoms with Crippen molar-refractivity contribution >= 4 is 32.4 Å². The minimum Gasteiger partial charge on any atom is -0.385 e. The summed E-state index contributed by atoms with van der Waals surface area (Å²) < 4.78 is 6.25. The van der Waals surface area contributed by atoms with Crippen molar-refractivity contribution in [2.24, 2.45) is 5.92 Å². The molecule has 1 atom stereocenters. The molecule has 3 heteroatoms. The molecule has 0 radical (unpaired) electrons. The highest BCUT2D eigenvalue weighted by atomic mass is 79.9. The summed E-state index contributed by atoms with van der Waals surface area (Å²) in [5.41, 5.74) is 1.16. The molecule has 2 aromatic carbocycles. The Kier molecular flexibility index (Phi) is 4.61. The van der Waals surface area contributed by atoms with E-state index in [9.17, 15) is 0 Å². The first kappa shape index (κ1) is 13.4. The van der Waals surface area contributed by atoms with Gasteiger partial charge in [-0.25, -0.2) is 0 Å². The van der Waals surface area contributed by atoms with Gasteiger partial charge in [0.15, 0.2) is 0 Å². The summed E-state index contributed by atoms with van der Waals surface area (Å²) in [5.74, 6) is 0.510. The fourth-order valence-electron chi connectivity index (χ4n) is 1.96. The normalized spacial score (nSPS) is 12.6. The highest BCUT2D eigenvalue weighted by Crippen LogP contribution is 2.23. The lowest BCUT2D eigenvalue weighted by Crippen LogP contribution is -2.15. The smallest absolute Gasteiger partial charge is 0.0504 e. The Morgan fingerprint density at radius 3 is 2.67 bits per heavy atom. The van der Waals surface area contributed by atoms with Crippen molar-refractivity contribution in [3.8, 4) is 0 Å². The zero-order chi connectivity index (χ0) is 13.0. The third-order valence-corrected chi connectivity index (χ3v) is 3.40. The zero-order valence-corrected chi connectivity index (χ0v) is 12.3. The number of ether oxygens (including phenoxy) is 1. The van der Waals surface area contributed by atoms with Crippen molar-refractivity contribution in [3.63, 3.8) is 0 Å². The molecule has 2 rings (SSSR count). The van der Waals surface area contributed by atoms with Gasteiger partial charge >= 0.3 is 0 Å². The van der Waals surface area contributed by atoms with Crippen molar-refractivity contribution in [2.45, 2.75) is 6.92 Å². The Labute approximate surface area is 116 Å². The maximum absolute atomic E-state index is 5.13. The van der Waals surface area contributed by atoms with E-state index in [1.165, 1.54) is 10.8 Å². The number of fused-ring (bicyclic) bond motifs is 1. The monoisotopic (exact) mass is 307 g/mol. The molecule has 2 aromatic rings. The minimum atomic E-state index is 0.510. The molecule has 0 heterocycles. The van der Waals surface area contributed by atoms with Gasteiger partial charge in [0.25, 0.3) is 0 Å². The number of anilines is 1. The van der Waals surface area contributed by atoms with Gasteiger partial charge in [-0.15, -0.1) is 0 Å². The first-order chi connectivity index (χ1) is 8.69. The molecule has 0 saturated heterocycles. The number of methoxy groups -OCH3 is 1. The van der Waals surface area contributed by atoms with Crippen molar-refractivity contribution < 1.29 is 4.74 Å². The number of nitrogens with one attached hydrogen (secondary N) is 1. The number of hydrogen-bond donors (Lipinski definition) is 1. The van der Waals surface area contributed by atoms with Crippen LogP contribution in [0.15, 0.2) is 40.9 Å². The first-order valence-electron chi connectivity index (χ1n) is 6.11. The zero-order valence-electron chi connectivity index (χ0n) is 10.7. The van der Waals surface area contributed by atoms with Gasteiger partial charge in [-0.1, -0.05) is 35.0 Å². The van der Waals surface area contributed by atoms with Gasteiger partial charge in [0.05, 0.1) is 6.61 Å².